The Morgan fingerprint density at radius 2 is 1.58 bits per heavy atom. The zero-order chi connectivity index (χ0) is 17.7. The average molecular weight is 327 g/mol. The highest BCUT2D eigenvalue weighted by molar-refractivity contribution is 5.93. The van der Waals surface area contributed by atoms with Crippen LogP contribution in [0.5, 0.6) is 0 Å². The minimum atomic E-state index is -0.574. The molecule has 0 spiro atoms. The number of benzene rings is 2. The summed E-state index contributed by atoms with van der Waals surface area (Å²) in [4.78, 5) is 23.5. The smallest absolute Gasteiger partial charge is 0.319 e. The SMILES string of the molecule is Cc1cccc(C)c1NC(=O)NC(C)c1ccc(C(=O)NO)cc1. The zero-order valence-electron chi connectivity index (χ0n) is 13.9. The number of hydrogen-bond donors (Lipinski definition) is 4. The fraction of sp³-hybridized carbons (Fsp3) is 0.222. The van der Waals surface area contributed by atoms with Crippen molar-refractivity contribution in [2.24, 2.45) is 0 Å². The van der Waals surface area contributed by atoms with E-state index in [1.807, 2.05) is 39.0 Å². The Morgan fingerprint density at radius 1 is 1.00 bits per heavy atom. The lowest BCUT2D eigenvalue weighted by Gasteiger charge is -2.17. The number of rotatable bonds is 4. The number of urea groups is 1. The van der Waals surface area contributed by atoms with Crippen LogP contribution in [0.4, 0.5) is 10.5 Å². The van der Waals surface area contributed by atoms with Crippen molar-refractivity contribution in [3.8, 4) is 0 Å². The number of nitrogens with one attached hydrogen (secondary N) is 3. The van der Waals surface area contributed by atoms with Gasteiger partial charge < -0.3 is 10.6 Å². The van der Waals surface area contributed by atoms with Gasteiger partial charge in [-0.15, -0.1) is 0 Å². The van der Waals surface area contributed by atoms with Crippen molar-refractivity contribution in [3.05, 3.63) is 64.7 Å². The second-order valence-electron chi connectivity index (χ2n) is 5.65. The number of carbonyl (C=O) groups is 2. The number of hydroxylamine groups is 1. The van der Waals surface area contributed by atoms with Crippen LogP contribution in [0.25, 0.3) is 0 Å². The maximum atomic E-state index is 12.2. The lowest BCUT2D eigenvalue weighted by molar-refractivity contribution is 0.0706. The molecular formula is C18H21N3O3. The van der Waals surface area contributed by atoms with Crippen molar-refractivity contribution in [1.29, 1.82) is 0 Å². The molecule has 0 bridgehead atoms. The molecule has 0 aliphatic rings. The first-order valence-corrected chi connectivity index (χ1v) is 7.60. The predicted octanol–water partition coefficient (Wildman–Crippen LogP) is 3.31. The topological polar surface area (TPSA) is 90.5 Å². The van der Waals surface area contributed by atoms with Gasteiger partial charge in [-0.1, -0.05) is 30.3 Å². The molecular weight excluding hydrogens is 306 g/mol. The molecule has 0 saturated carbocycles. The fourth-order valence-corrected chi connectivity index (χ4v) is 2.43. The first-order valence-electron chi connectivity index (χ1n) is 7.60. The van der Waals surface area contributed by atoms with Gasteiger partial charge >= 0.3 is 6.03 Å². The summed E-state index contributed by atoms with van der Waals surface area (Å²) in [6, 6.07) is 11.9. The molecule has 0 fully saturated rings. The van der Waals surface area contributed by atoms with E-state index in [1.165, 1.54) is 0 Å². The summed E-state index contributed by atoms with van der Waals surface area (Å²) in [6.07, 6.45) is 0. The number of anilines is 1. The molecule has 0 aliphatic heterocycles. The third-order valence-electron chi connectivity index (χ3n) is 3.84. The zero-order valence-corrected chi connectivity index (χ0v) is 13.9. The lowest BCUT2D eigenvalue weighted by atomic mass is 10.1. The molecule has 1 atom stereocenters. The van der Waals surface area contributed by atoms with E-state index in [2.05, 4.69) is 10.6 Å². The Kier molecular flexibility index (Phi) is 5.55. The van der Waals surface area contributed by atoms with Crippen molar-refractivity contribution in [2.75, 3.05) is 5.32 Å². The van der Waals surface area contributed by atoms with Crippen LogP contribution < -0.4 is 16.1 Å². The maximum Gasteiger partial charge on any atom is 0.319 e. The van der Waals surface area contributed by atoms with Gasteiger partial charge in [0.25, 0.3) is 5.91 Å². The normalized spacial score (nSPS) is 11.5. The number of amides is 3. The molecule has 3 amide bonds. The van der Waals surface area contributed by atoms with E-state index in [1.54, 1.807) is 29.7 Å². The first-order chi connectivity index (χ1) is 11.4. The Morgan fingerprint density at radius 3 is 2.12 bits per heavy atom. The van der Waals surface area contributed by atoms with Crippen molar-refractivity contribution in [1.82, 2.24) is 10.8 Å². The molecule has 0 saturated heterocycles. The van der Waals surface area contributed by atoms with Crippen LogP contribution in [0.2, 0.25) is 0 Å². The predicted molar refractivity (Wildman–Crippen MR) is 92.2 cm³/mol. The van der Waals surface area contributed by atoms with Crippen LogP contribution in [0.15, 0.2) is 42.5 Å². The molecule has 6 nitrogen and oxygen atoms in total. The Balaban J connectivity index is 2.02. The summed E-state index contributed by atoms with van der Waals surface area (Å²) in [5.41, 5.74) is 5.57. The number of hydrogen-bond acceptors (Lipinski definition) is 3. The minimum absolute atomic E-state index is 0.236. The Labute approximate surface area is 140 Å². The van der Waals surface area contributed by atoms with E-state index in [0.717, 1.165) is 22.4 Å². The molecule has 4 N–H and O–H groups in total. The molecule has 2 aromatic carbocycles. The van der Waals surface area contributed by atoms with E-state index >= 15 is 0 Å². The average Bonchev–Trinajstić information content (AvgIpc) is 2.57. The van der Waals surface area contributed by atoms with Crippen LogP contribution >= 0.6 is 0 Å². The largest absolute Gasteiger partial charge is 0.331 e. The van der Waals surface area contributed by atoms with Crippen molar-refractivity contribution in [3.63, 3.8) is 0 Å². The first kappa shape index (κ1) is 17.5. The summed E-state index contributed by atoms with van der Waals surface area (Å²) >= 11 is 0. The van der Waals surface area contributed by atoms with Gasteiger partial charge in [0.2, 0.25) is 0 Å². The summed E-state index contributed by atoms with van der Waals surface area (Å²) < 4.78 is 0. The van der Waals surface area contributed by atoms with Crippen molar-refractivity contribution in [2.45, 2.75) is 26.8 Å². The monoisotopic (exact) mass is 327 g/mol. The molecule has 126 valence electrons. The third-order valence-corrected chi connectivity index (χ3v) is 3.84. The van der Waals surface area contributed by atoms with Crippen LogP contribution in [0.3, 0.4) is 0 Å². The summed E-state index contributed by atoms with van der Waals surface area (Å²) in [6.45, 7) is 5.74. The molecule has 1 unspecified atom stereocenters. The minimum Gasteiger partial charge on any atom is -0.331 e. The van der Waals surface area contributed by atoms with Crippen LogP contribution in [0.1, 0.15) is 40.0 Å². The number of carbonyl (C=O) groups excluding carboxylic acids is 2. The molecule has 2 rings (SSSR count). The third kappa shape index (κ3) is 4.11. The van der Waals surface area contributed by atoms with E-state index in [0.29, 0.717) is 5.56 Å². The van der Waals surface area contributed by atoms with E-state index in [-0.39, 0.29) is 12.1 Å². The van der Waals surface area contributed by atoms with E-state index in [4.69, 9.17) is 5.21 Å². The highest BCUT2D eigenvalue weighted by Gasteiger charge is 2.12. The highest BCUT2D eigenvalue weighted by atomic mass is 16.5. The standard InChI is InChI=1S/C18H21N3O3/c1-11-5-4-6-12(2)16(11)20-18(23)19-13(3)14-7-9-15(10-8-14)17(22)21-24/h4-10,13,24H,1-3H3,(H,21,22)(H2,19,20,23). The van der Waals surface area contributed by atoms with Crippen LogP contribution in [-0.4, -0.2) is 17.1 Å². The quantitative estimate of drug-likeness (QED) is 0.513. The Hall–Kier alpha value is -2.86. The molecule has 0 aliphatic carbocycles. The second kappa shape index (κ2) is 7.61. The molecule has 24 heavy (non-hydrogen) atoms. The summed E-state index contributed by atoms with van der Waals surface area (Å²) in [5, 5.41) is 14.3. The van der Waals surface area contributed by atoms with E-state index in [9.17, 15) is 9.59 Å². The molecule has 0 heterocycles. The number of aryl methyl sites for hydroxylation is 2. The maximum absolute atomic E-state index is 12.2. The molecule has 0 radical (unpaired) electrons. The van der Waals surface area contributed by atoms with Gasteiger partial charge in [0.1, 0.15) is 0 Å². The van der Waals surface area contributed by atoms with Gasteiger partial charge in [-0.05, 0) is 49.6 Å². The van der Waals surface area contributed by atoms with Crippen LogP contribution in [-0.2, 0) is 0 Å². The van der Waals surface area contributed by atoms with Gasteiger partial charge in [0, 0.05) is 11.3 Å². The second-order valence-corrected chi connectivity index (χ2v) is 5.65. The van der Waals surface area contributed by atoms with Gasteiger partial charge in [0.15, 0.2) is 0 Å². The van der Waals surface area contributed by atoms with Crippen molar-refractivity contribution < 1.29 is 14.8 Å². The van der Waals surface area contributed by atoms with Gasteiger partial charge in [-0.3, -0.25) is 10.0 Å². The van der Waals surface area contributed by atoms with Crippen molar-refractivity contribution >= 4 is 17.6 Å². The van der Waals surface area contributed by atoms with Gasteiger partial charge in [-0.2, -0.15) is 0 Å². The Bertz CT molecular complexity index is 721. The molecule has 6 heteroatoms. The summed E-state index contributed by atoms with van der Waals surface area (Å²) in [7, 11) is 0. The molecule has 0 aromatic heterocycles. The van der Waals surface area contributed by atoms with E-state index < -0.39 is 5.91 Å². The molecule has 2 aromatic rings. The number of para-hydroxylation sites is 1. The highest BCUT2D eigenvalue weighted by Crippen LogP contribution is 2.20. The van der Waals surface area contributed by atoms with Gasteiger partial charge in [-0.25, -0.2) is 10.3 Å². The van der Waals surface area contributed by atoms with Crippen LogP contribution in [0, 0.1) is 13.8 Å². The fourth-order valence-electron chi connectivity index (χ4n) is 2.43. The summed E-state index contributed by atoms with van der Waals surface area (Å²) in [5.74, 6) is -0.574. The lowest BCUT2D eigenvalue weighted by Crippen LogP contribution is -2.31. The van der Waals surface area contributed by atoms with Gasteiger partial charge in [0.05, 0.1) is 6.04 Å².